The Hall–Kier alpha value is -0.490. The molecule has 1 heterocycles. The van der Waals surface area contributed by atoms with Crippen LogP contribution in [0.5, 0.6) is 0 Å². The Morgan fingerprint density at radius 2 is 1.83 bits per heavy atom. The van der Waals surface area contributed by atoms with E-state index in [1.54, 1.807) is 18.2 Å². The van der Waals surface area contributed by atoms with Crippen molar-refractivity contribution in [2.75, 3.05) is 16.8 Å². The molecule has 1 fully saturated rings. The van der Waals surface area contributed by atoms with Crippen molar-refractivity contribution < 1.29 is 13.2 Å². The van der Waals surface area contributed by atoms with Gasteiger partial charge in [0, 0.05) is 16.6 Å². The first kappa shape index (κ1) is 13.9. The van der Waals surface area contributed by atoms with Gasteiger partial charge >= 0.3 is 5.51 Å². The van der Waals surface area contributed by atoms with Crippen LogP contribution in [-0.2, 0) is 0 Å². The lowest BCUT2D eigenvalue weighted by Crippen LogP contribution is -2.24. The zero-order valence-electron chi connectivity index (χ0n) is 9.67. The summed E-state index contributed by atoms with van der Waals surface area (Å²) in [7, 11) is 0. The summed E-state index contributed by atoms with van der Waals surface area (Å²) < 4.78 is 37.3. The second kappa shape index (κ2) is 6.10. The lowest BCUT2D eigenvalue weighted by atomic mass is 10.1. The quantitative estimate of drug-likeness (QED) is 0.818. The molecule has 0 aliphatic carbocycles. The van der Waals surface area contributed by atoms with Crippen molar-refractivity contribution in [3.63, 3.8) is 0 Å². The van der Waals surface area contributed by atoms with E-state index in [0.29, 0.717) is 11.7 Å². The SMILES string of the molecule is FC(F)(F)Sc1ccccc1NC1CCSCC1. The minimum Gasteiger partial charge on any atom is -0.381 e. The summed E-state index contributed by atoms with van der Waals surface area (Å²) in [6, 6.07) is 6.92. The third kappa shape index (κ3) is 4.31. The second-order valence-electron chi connectivity index (χ2n) is 4.07. The van der Waals surface area contributed by atoms with Crippen LogP contribution in [-0.4, -0.2) is 23.1 Å². The van der Waals surface area contributed by atoms with Gasteiger partial charge in [0.15, 0.2) is 0 Å². The fourth-order valence-electron chi connectivity index (χ4n) is 1.86. The summed E-state index contributed by atoms with van der Waals surface area (Å²) in [5, 5.41) is 3.24. The highest BCUT2D eigenvalue weighted by Gasteiger charge is 2.30. The number of thioether (sulfide) groups is 2. The Balaban J connectivity index is 2.06. The third-order valence-electron chi connectivity index (χ3n) is 2.69. The molecule has 0 atom stereocenters. The molecule has 18 heavy (non-hydrogen) atoms. The lowest BCUT2D eigenvalue weighted by Gasteiger charge is -2.25. The molecule has 100 valence electrons. The first-order chi connectivity index (χ1) is 8.54. The maximum Gasteiger partial charge on any atom is 0.446 e. The average molecular weight is 293 g/mol. The molecule has 2 rings (SSSR count). The predicted molar refractivity (Wildman–Crippen MR) is 72.3 cm³/mol. The van der Waals surface area contributed by atoms with Crippen molar-refractivity contribution in [2.45, 2.75) is 29.3 Å². The Labute approximate surface area is 113 Å². The molecule has 1 aromatic carbocycles. The van der Waals surface area contributed by atoms with Crippen molar-refractivity contribution in [2.24, 2.45) is 0 Å². The summed E-state index contributed by atoms with van der Waals surface area (Å²) in [5.74, 6) is 2.15. The summed E-state index contributed by atoms with van der Waals surface area (Å²) in [5.41, 5.74) is -3.64. The number of hydrogen-bond donors (Lipinski definition) is 1. The minimum absolute atomic E-state index is 0.0518. The van der Waals surface area contributed by atoms with Gasteiger partial charge in [0.2, 0.25) is 0 Å². The largest absolute Gasteiger partial charge is 0.446 e. The number of benzene rings is 1. The molecule has 0 amide bonds. The van der Waals surface area contributed by atoms with Crippen molar-refractivity contribution >= 4 is 29.2 Å². The molecule has 1 aromatic rings. The number of halogens is 3. The van der Waals surface area contributed by atoms with E-state index in [0.717, 1.165) is 24.3 Å². The molecule has 1 nitrogen and oxygen atoms in total. The maximum atomic E-state index is 12.4. The molecule has 0 radical (unpaired) electrons. The van der Waals surface area contributed by atoms with Crippen LogP contribution in [0.4, 0.5) is 18.9 Å². The molecule has 0 spiro atoms. The number of anilines is 1. The van der Waals surface area contributed by atoms with Crippen LogP contribution in [0.1, 0.15) is 12.8 Å². The van der Waals surface area contributed by atoms with Gasteiger partial charge < -0.3 is 5.32 Å². The number of hydrogen-bond acceptors (Lipinski definition) is 3. The summed E-state index contributed by atoms with van der Waals surface area (Å²) >= 11 is 1.85. The van der Waals surface area contributed by atoms with E-state index >= 15 is 0 Å². The highest BCUT2D eigenvalue weighted by molar-refractivity contribution is 8.00. The number of nitrogens with one attached hydrogen (secondary N) is 1. The zero-order chi connectivity index (χ0) is 13.0. The lowest BCUT2D eigenvalue weighted by molar-refractivity contribution is -0.0327. The Morgan fingerprint density at radius 3 is 2.50 bits per heavy atom. The van der Waals surface area contributed by atoms with Crippen LogP contribution in [0.25, 0.3) is 0 Å². The first-order valence-electron chi connectivity index (χ1n) is 5.74. The Kier molecular flexibility index (Phi) is 4.72. The molecule has 0 bridgehead atoms. The summed E-state index contributed by atoms with van der Waals surface area (Å²) in [4.78, 5) is 0.253. The van der Waals surface area contributed by atoms with E-state index in [1.165, 1.54) is 6.07 Å². The van der Waals surface area contributed by atoms with Crippen molar-refractivity contribution in [3.8, 4) is 0 Å². The van der Waals surface area contributed by atoms with E-state index in [-0.39, 0.29) is 16.7 Å². The van der Waals surface area contributed by atoms with Gasteiger partial charge in [-0.1, -0.05) is 12.1 Å². The van der Waals surface area contributed by atoms with E-state index < -0.39 is 5.51 Å². The van der Waals surface area contributed by atoms with E-state index in [9.17, 15) is 13.2 Å². The number of para-hydroxylation sites is 1. The normalized spacial score (nSPS) is 17.7. The first-order valence-corrected chi connectivity index (χ1v) is 7.71. The summed E-state index contributed by atoms with van der Waals surface area (Å²) in [6.07, 6.45) is 2.02. The Morgan fingerprint density at radius 1 is 1.17 bits per heavy atom. The third-order valence-corrected chi connectivity index (χ3v) is 4.55. The van der Waals surface area contributed by atoms with Crippen molar-refractivity contribution in [1.82, 2.24) is 0 Å². The van der Waals surface area contributed by atoms with E-state index in [1.807, 2.05) is 11.8 Å². The number of rotatable bonds is 3. The molecule has 0 aromatic heterocycles. The fourth-order valence-corrected chi connectivity index (χ4v) is 3.60. The van der Waals surface area contributed by atoms with Crippen LogP contribution >= 0.6 is 23.5 Å². The molecule has 1 saturated heterocycles. The molecule has 0 saturated carbocycles. The van der Waals surface area contributed by atoms with Crippen LogP contribution in [0.15, 0.2) is 29.2 Å². The average Bonchev–Trinajstić information content (AvgIpc) is 2.31. The zero-order valence-corrected chi connectivity index (χ0v) is 11.3. The minimum atomic E-state index is -4.24. The van der Waals surface area contributed by atoms with Gasteiger partial charge in [0.05, 0.1) is 0 Å². The topological polar surface area (TPSA) is 12.0 Å². The monoisotopic (exact) mass is 293 g/mol. The molecule has 1 N–H and O–H groups in total. The second-order valence-corrected chi connectivity index (χ2v) is 6.41. The van der Waals surface area contributed by atoms with Crippen LogP contribution in [0.2, 0.25) is 0 Å². The molecule has 0 unspecified atom stereocenters. The summed E-state index contributed by atoms with van der Waals surface area (Å²) in [6.45, 7) is 0. The molecular formula is C12H14F3NS2. The molecule has 6 heteroatoms. The predicted octanol–water partition coefficient (Wildman–Crippen LogP) is 4.61. The van der Waals surface area contributed by atoms with Gasteiger partial charge in [-0.25, -0.2) is 0 Å². The smallest absolute Gasteiger partial charge is 0.381 e. The van der Waals surface area contributed by atoms with E-state index in [4.69, 9.17) is 0 Å². The molecule has 1 aliphatic heterocycles. The number of alkyl halides is 3. The van der Waals surface area contributed by atoms with Gasteiger partial charge in [-0.05, 0) is 48.2 Å². The standard InChI is InChI=1S/C12H14F3NS2/c13-12(14,15)18-11-4-2-1-3-10(11)16-9-5-7-17-8-6-9/h1-4,9,16H,5-8H2. The molecule has 1 aliphatic rings. The van der Waals surface area contributed by atoms with Crippen molar-refractivity contribution in [1.29, 1.82) is 0 Å². The van der Waals surface area contributed by atoms with Gasteiger partial charge in [0.25, 0.3) is 0 Å². The van der Waals surface area contributed by atoms with E-state index in [2.05, 4.69) is 5.32 Å². The van der Waals surface area contributed by atoms with Crippen LogP contribution in [0, 0.1) is 0 Å². The van der Waals surface area contributed by atoms with Gasteiger partial charge in [-0.15, -0.1) is 0 Å². The fraction of sp³-hybridized carbons (Fsp3) is 0.500. The van der Waals surface area contributed by atoms with Crippen LogP contribution in [0.3, 0.4) is 0 Å². The highest BCUT2D eigenvalue weighted by atomic mass is 32.2. The van der Waals surface area contributed by atoms with Gasteiger partial charge in [-0.3, -0.25) is 0 Å². The highest BCUT2D eigenvalue weighted by Crippen LogP contribution is 2.40. The van der Waals surface area contributed by atoms with Gasteiger partial charge in [-0.2, -0.15) is 24.9 Å². The van der Waals surface area contributed by atoms with Crippen LogP contribution < -0.4 is 5.32 Å². The molecular weight excluding hydrogens is 279 g/mol. The van der Waals surface area contributed by atoms with Crippen molar-refractivity contribution in [3.05, 3.63) is 24.3 Å². The Bertz CT molecular complexity index is 389. The van der Waals surface area contributed by atoms with Gasteiger partial charge in [0.1, 0.15) is 0 Å². The maximum absolute atomic E-state index is 12.4.